The van der Waals surface area contributed by atoms with Crippen LogP contribution >= 0.6 is 23.2 Å². The maximum absolute atomic E-state index is 12.1. The van der Waals surface area contributed by atoms with E-state index in [1.54, 1.807) is 24.3 Å². The Labute approximate surface area is 150 Å². The first-order chi connectivity index (χ1) is 11.3. The van der Waals surface area contributed by atoms with Gasteiger partial charge in [0, 0.05) is 5.69 Å². The molecule has 0 spiro atoms. The number of halogens is 2. The van der Waals surface area contributed by atoms with Gasteiger partial charge in [0.05, 0.1) is 16.5 Å². The average molecular weight is 366 g/mol. The van der Waals surface area contributed by atoms with Crippen LogP contribution in [-0.2, 0) is 20.7 Å². The monoisotopic (exact) mass is 365 g/mol. The molecule has 1 amide bonds. The second-order valence-corrected chi connectivity index (χ2v) is 6.23. The lowest BCUT2D eigenvalue weighted by atomic mass is 10.1. The van der Waals surface area contributed by atoms with Crippen LogP contribution in [0, 0.1) is 6.92 Å². The van der Waals surface area contributed by atoms with Crippen molar-refractivity contribution in [1.29, 1.82) is 0 Å². The SMILES string of the molecule is Cc1cccc(NC(=O)[C@H](C)OC(=O)Cc2ccc(Cl)c(Cl)c2)c1. The molecule has 0 bridgehead atoms. The number of carbonyl (C=O) groups excluding carboxylic acids is 2. The number of nitrogens with one attached hydrogen (secondary N) is 1. The molecule has 6 heteroatoms. The lowest BCUT2D eigenvalue weighted by Gasteiger charge is -2.14. The summed E-state index contributed by atoms with van der Waals surface area (Å²) < 4.78 is 5.16. The van der Waals surface area contributed by atoms with E-state index in [0.29, 0.717) is 21.3 Å². The van der Waals surface area contributed by atoms with Gasteiger partial charge in [-0.05, 0) is 49.2 Å². The van der Waals surface area contributed by atoms with Crippen molar-refractivity contribution in [1.82, 2.24) is 0 Å². The van der Waals surface area contributed by atoms with Crippen LogP contribution in [0.2, 0.25) is 10.0 Å². The highest BCUT2D eigenvalue weighted by molar-refractivity contribution is 6.42. The van der Waals surface area contributed by atoms with Gasteiger partial charge in [-0.15, -0.1) is 0 Å². The Morgan fingerprint density at radius 2 is 1.88 bits per heavy atom. The van der Waals surface area contributed by atoms with Crippen molar-refractivity contribution in [3.63, 3.8) is 0 Å². The van der Waals surface area contributed by atoms with Gasteiger partial charge in [-0.3, -0.25) is 9.59 Å². The molecule has 0 heterocycles. The summed E-state index contributed by atoms with van der Waals surface area (Å²) >= 11 is 11.7. The predicted molar refractivity (Wildman–Crippen MR) is 95.5 cm³/mol. The molecular weight excluding hydrogens is 349 g/mol. The van der Waals surface area contributed by atoms with Gasteiger partial charge in [0.1, 0.15) is 0 Å². The summed E-state index contributed by atoms with van der Waals surface area (Å²) in [6.07, 6.45) is -0.889. The Bertz CT molecular complexity index is 762. The molecule has 1 atom stereocenters. The summed E-state index contributed by atoms with van der Waals surface area (Å²) in [5.41, 5.74) is 2.35. The van der Waals surface area contributed by atoms with Crippen molar-refractivity contribution >= 4 is 40.8 Å². The van der Waals surface area contributed by atoms with Crippen LogP contribution in [-0.4, -0.2) is 18.0 Å². The van der Waals surface area contributed by atoms with Gasteiger partial charge < -0.3 is 10.1 Å². The number of benzene rings is 2. The van der Waals surface area contributed by atoms with Gasteiger partial charge in [-0.1, -0.05) is 41.4 Å². The molecule has 0 fully saturated rings. The van der Waals surface area contributed by atoms with Crippen molar-refractivity contribution in [3.05, 3.63) is 63.6 Å². The Kier molecular flexibility index (Phi) is 6.23. The van der Waals surface area contributed by atoms with Gasteiger partial charge in [0.15, 0.2) is 6.10 Å². The minimum absolute atomic E-state index is 0.0129. The number of esters is 1. The quantitative estimate of drug-likeness (QED) is 0.798. The van der Waals surface area contributed by atoms with E-state index in [9.17, 15) is 9.59 Å². The largest absolute Gasteiger partial charge is 0.452 e. The first-order valence-corrected chi connectivity index (χ1v) is 8.11. The molecule has 2 rings (SSSR count). The molecule has 126 valence electrons. The van der Waals surface area contributed by atoms with Crippen LogP contribution in [0.15, 0.2) is 42.5 Å². The van der Waals surface area contributed by atoms with E-state index in [1.165, 1.54) is 6.92 Å². The minimum atomic E-state index is -0.902. The fourth-order valence-electron chi connectivity index (χ4n) is 2.08. The van der Waals surface area contributed by atoms with E-state index in [2.05, 4.69) is 5.32 Å². The Morgan fingerprint density at radius 3 is 2.54 bits per heavy atom. The second-order valence-electron chi connectivity index (χ2n) is 5.42. The normalized spacial score (nSPS) is 11.7. The zero-order valence-corrected chi connectivity index (χ0v) is 14.8. The van der Waals surface area contributed by atoms with Crippen LogP contribution in [0.4, 0.5) is 5.69 Å². The smallest absolute Gasteiger partial charge is 0.311 e. The molecule has 0 aliphatic heterocycles. The van der Waals surface area contributed by atoms with E-state index < -0.39 is 12.1 Å². The van der Waals surface area contributed by atoms with Gasteiger partial charge in [0.25, 0.3) is 5.91 Å². The summed E-state index contributed by atoms with van der Waals surface area (Å²) in [6, 6.07) is 12.3. The highest BCUT2D eigenvalue weighted by atomic mass is 35.5. The van der Waals surface area contributed by atoms with Gasteiger partial charge in [-0.2, -0.15) is 0 Å². The first kappa shape index (κ1) is 18.3. The van der Waals surface area contributed by atoms with E-state index >= 15 is 0 Å². The Hall–Kier alpha value is -2.04. The molecule has 2 aromatic carbocycles. The fraction of sp³-hybridized carbons (Fsp3) is 0.222. The molecule has 0 aliphatic carbocycles. The van der Waals surface area contributed by atoms with E-state index in [-0.39, 0.29) is 12.3 Å². The van der Waals surface area contributed by atoms with E-state index in [0.717, 1.165) is 5.56 Å². The Morgan fingerprint density at radius 1 is 1.12 bits per heavy atom. The lowest BCUT2D eigenvalue weighted by molar-refractivity contribution is -0.152. The van der Waals surface area contributed by atoms with E-state index in [1.807, 2.05) is 25.1 Å². The topological polar surface area (TPSA) is 55.4 Å². The van der Waals surface area contributed by atoms with Crippen molar-refractivity contribution in [3.8, 4) is 0 Å². The Balaban J connectivity index is 1.90. The molecule has 24 heavy (non-hydrogen) atoms. The highest BCUT2D eigenvalue weighted by Gasteiger charge is 2.18. The standard InChI is InChI=1S/C18H17Cl2NO3/c1-11-4-3-5-14(8-11)21-18(23)12(2)24-17(22)10-13-6-7-15(19)16(20)9-13/h3-9,12H,10H2,1-2H3,(H,21,23)/t12-/m0/s1. The third-order valence-corrected chi connectivity index (χ3v) is 4.03. The van der Waals surface area contributed by atoms with Crippen LogP contribution in [0.25, 0.3) is 0 Å². The third-order valence-electron chi connectivity index (χ3n) is 3.30. The van der Waals surface area contributed by atoms with Crippen LogP contribution in [0.3, 0.4) is 0 Å². The zero-order valence-electron chi connectivity index (χ0n) is 13.3. The number of amides is 1. The minimum Gasteiger partial charge on any atom is -0.452 e. The first-order valence-electron chi connectivity index (χ1n) is 7.36. The summed E-state index contributed by atoms with van der Waals surface area (Å²) in [5.74, 6) is -0.900. The second kappa shape index (κ2) is 8.18. The van der Waals surface area contributed by atoms with Crippen LogP contribution in [0.1, 0.15) is 18.1 Å². The number of hydrogen-bond acceptors (Lipinski definition) is 3. The molecule has 0 aromatic heterocycles. The number of rotatable bonds is 5. The summed E-state index contributed by atoms with van der Waals surface area (Å²) in [4.78, 5) is 24.0. The number of aryl methyl sites for hydroxylation is 1. The van der Waals surface area contributed by atoms with Gasteiger partial charge in [0.2, 0.25) is 0 Å². The summed E-state index contributed by atoms with van der Waals surface area (Å²) in [5, 5.41) is 3.50. The highest BCUT2D eigenvalue weighted by Crippen LogP contribution is 2.23. The fourth-order valence-corrected chi connectivity index (χ4v) is 2.40. The molecule has 0 saturated heterocycles. The molecular formula is C18H17Cl2NO3. The summed E-state index contributed by atoms with van der Waals surface area (Å²) in [7, 11) is 0. The van der Waals surface area contributed by atoms with Crippen LogP contribution < -0.4 is 5.32 Å². The summed E-state index contributed by atoms with van der Waals surface area (Å²) in [6.45, 7) is 3.45. The third kappa shape index (κ3) is 5.25. The van der Waals surface area contributed by atoms with Gasteiger partial charge in [-0.25, -0.2) is 0 Å². The lowest BCUT2D eigenvalue weighted by Crippen LogP contribution is -2.30. The molecule has 0 unspecified atom stereocenters. The van der Waals surface area contributed by atoms with Crippen molar-refractivity contribution in [2.75, 3.05) is 5.32 Å². The molecule has 0 radical (unpaired) electrons. The molecule has 2 aromatic rings. The molecule has 0 saturated carbocycles. The predicted octanol–water partition coefficient (Wildman–Crippen LogP) is 4.41. The van der Waals surface area contributed by atoms with Crippen molar-refractivity contribution in [2.45, 2.75) is 26.4 Å². The van der Waals surface area contributed by atoms with E-state index in [4.69, 9.17) is 27.9 Å². The maximum Gasteiger partial charge on any atom is 0.311 e. The average Bonchev–Trinajstić information content (AvgIpc) is 2.50. The van der Waals surface area contributed by atoms with Crippen LogP contribution in [0.5, 0.6) is 0 Å². The van der Waals surface area contributed by atoms with Crippen molar-refractivity contribution < 1.29 is 14.3 Å². The number of hydrogen-bond donors (Lipinski definition) is 1. The molecule has 1 N–H and O–H groups in total. The zero-order chi connectivity index (χ0) is 17.7. The maximum atomic E-state index is 12.1. The molecule has 4 nitrogen and oxygen atoms in total. The number of carbonyl (C=O) groups is 2. The number of ether oxygens (including phenoxy) is 1. The molecule has 0 aliphatic rings. The van der Waals surface area contributed by atoms with Crippen molar-refractivity contribution in [2.24, 2.45) is 0 Å². The van der Waals surface area contributed by atoms with Gasteiger partial charge >= 0.3 is 5.97 Å². The number of anilines is 1.